The number of hydrogen-bond donors (Lipinski definition) is 1. The fourth-order valence-electron chi connectivity index (χ4n) is 1.87. The molecule has 1 aromatic rings. The Kier molecular flexibility index (Phi) is 2.73. The minimum absolute atomic E-state index is 0.292. The van der Waals surface area contributed by atoms with Gasteiger partial charge in [0.05, 0.1) is 19.8 Å². The molecule has 4 nitrogen and oxygen atoms in total. The molecule has 1 amide bonds. The number of carbonyl (C=O) groups excluding carboxylic acids is 1. The van der Waals surface area contributed by atoms with Gasteiger partial charge in [0.25, 0.3) is 0 Å². The third-order valence-corrected chi connectivity index (χ3v) is 2.90. The number of alkyl carbamates (subject to hydrolysis) is 1. The van der Waals surface area contributed by atoms with Gasteiger partial charge < -0.3 is 14.8 Å². The topological polar surface area (TPSA) is 47.6 Å². The van der Waals surface area contributed by atoms with Crippen LogP contribution in [0, 0.1) is 0 Å². The SMILES string of the molecule is COC(=O)NC1(c2ccccc2OC)CC1. The molecule has 0 radical (unpaired) electrons. The average molecular weight is 221 g/mol. The van der Waals surface area contributed by atoms with Gasteiger partial charge in [-0.05, 0) is 18.9 Å². The van der Waals surface area contributed by atoms with E-state index >= 15 is 0 Å². The highest BCUT2D eigenvalue weighted by Crippen LogP contribution is 2.48. The molecule has 1 aromatic carbocycles. The van der Waals surface area contributed by atoms with Crippen molar-refractivity contribution in [2.24, 2.45) is 0 Å². The van der Waals surface area contributed by atoms with Crippen LogP contribution in [0.3, 0.4) is 0 Å². The summed E-state index contributed by atoms with van der Waals surface area (Å²) in [7, 11) is 3.00. The minimum atomic E-state index is -0.400. The number of hydrogen-bond acceptors (Lipinski definition) is 3. The summed E-state index contributed by atoms with van der Waals surface area (Å²) < 4.78 is 9.92. The lowest BCUT2D eigenvalue weighted by Crippen LogP contribution is -2.34. The van der Waals surface area contributed by atoms with Crippen LogP contribution in [0.1, 0.15) is 18.4 Å². The zero-order valence-electron chi connectivity index (χ0n) is 9.45. The molecule has 1 aliphatic rings. The van der Waals surface area contributed by atoms with E-state index in [0.29, 0.717) is 0 Å². The van der Waals surface area contributed by atoms with Crippen molar-refractivity contribution in [2.45, 2.75) is 18.4 Å². The number of amides is 1. The number of rotatable bonds is 3. The molecule has 0 bridgehead atoms. The van der Waals surface area contributed by atoms with E-state index in [4.69, 9.17) is 4.74 Å². The smallest absolute Gasteiger partial charge is 0.407 e. The van der Waals surface area contributed by atoms with Crippen LogP contribution in [-0.4, -0.2) is 20.3 Å². The summed E-state index contributed by atoms with van der Waals surface area (Å²) in [5, 5.41) is 2.87. The van der Waals surface area contributed by atoms with Gasteiger partial charge in [0.1, 0.15) is 5.75 Å². The predicted octanol–water partition coefficient (Wildman–Crippen LogP) is 2.04. The summed E-state index contributed by atoms with van der Waals surface area (Å²) >= 11 is 0. The average Bonchev–Trinajstić information content (AvgIpc) is 3.09. The van der Waals surface area contributed by atoms with Crippen molar-refractivity contribution >= 4 is 6.09 Å². The second kappa shape index (κ2) is 4.04. The molecule has 2 rings (SSSR count). The fraction of sp³-hybridized carbons (Fsp3) is 0.417. The lowest BCUT2D eigenvalue weighted by molar-refractivity contribution is 0.165. The Bertz CT molecular complexity index is 399. The van der Waals surface area contributed by atoms with E-state index in [1.807, 2.05) is 24.3 Å². The van der Waals surface area contributed by atoms with E-state index in [1.165, 1.54) is 7.11 Å². The molecule has 1 aliphatic carbocycles. The highest BCUT2D eigenvalue weighted by molar-refractivity contribution is 5.69. The Labute approximate surface area is 94.6 Å². The Morgan fingerprint density at radius 1 is 1.31 bits per heavy atom. The molecule has 0 aliphatic heterocycles. The molecule has 16 heavy (non-hydrogen) atoms. The van der Waals surface area contributed by atoms with Crippen molar-refractivity contribution in [3.05, 3.63) is 29.8 Å². The molecular weight excluding hydrogens is 206 g/mol. The summed E-state index contributed by atoms with van der Waals surface area (Å²) in [4.78, 5) is 11.3. The summed E-state index contributed by atoms with van der Waals surface area (Å²) in [6.45, 7) is 0. The molecule has 1 fully saturated rings. The van der Waals surface area contributed by atoms with Crippen LogP contribution in [0.5, 0.6) is 5.75 Å². The van der Waals surface area contributed by atoms with E-state index < -0.39 is 6.09 Å². The number of benzene rings is 1. The normalized spacial score (nSPS) is 16.4. The first-order valence-electron chi connectivity index (χ1n) is 5.21. The van der Waals surface area contributed by atoms with Crippen LogP contribution in [0.4, 0.5) is 4.79 Å². The van der Waals surface area contributed by atoms with Gasteiger partial charge in [-0.25, -0.2) is 4.79 Å². The second-order valence-electron chi connectivity index (χ2n) is 3.90. The molecule has 1 saturated carbocycles. The van der Waals surface area contributed by atoms with Crippen molar-refractivity contribution in [3.63, 3.8) is 0 Å². The third kappa shape index (κ3) is 1.83. The van der Waals surface area contributed by atoms with Crippen molar-refractivity contribution in [3.8, 4) is 5.75 Å². The van der Waals surface area contributed by atoms with Crippen LogP contribution < -0.4 is 10.1 Å². The fourth-order valence-corrected chi connectivity index (χ4v) is 1.87. The number of para-hydroxylation sites is 1. The second-order valence-corrected chi connectivity index (χ2v) is 3.90. The number of carbonyl (C=O) groups is 1. The predicted molar refractivity (Wildman–Crippen MR) is 59.4 cm³/mol. The third-order valence-electron chi connectivity index (χ3n) is 2.90. The van der Waals surface area contributed by atoms with Crippen molar-refractivity contribution < 1.29 is 14.3 Å². The maximum absolute atomic E-state index is 11.3. The van der Waals surface area contributed by atoms with Gasteiger partial charge >= 0.3 is 6.09 Å². The van der Waals surface area contributed by atoms with Crippen molar-refractivity contribution in [1.29, 1.82) is 0 Å². The first kappa shape index (κ1) is 10.8. The summed E-state index contributed by atoms with van der Waals surface area (Å²) in [5.41, 5.74) is 0.725. The largest absolute Gasteiger partial charge is 0.496 e. The standard InChI is InChI=1S/C12H15NO3/c1-15-10-6-4-3-5-9(10)12(7-8-12)13-11(14)16-2/h3-6H,7-8H2,1-2H3,(H,13,14). The monoisotopic (exact) mass is 221 g/mol. The Balaban J connectivity index is 2.26. The van der Waals surface area contributed by atoms with Gasteiger partial charge in [0.15, 0.2) is 0 Å². The molecule has 0 unspecified atom stereocenters. The van der Waals surface area contributed by atoms with Crippen molar-refractivity contribution in [2.75, 3.05) is 14.2 Å². The van der Waals surface area contributed by atoms with Gasteiger partial charge in [-0.1, -0.05) is 18.2 Å². The quantitative estimate of drug-likeness (QED) is 0.849. The minimum Gasteiger partial charge on any atom is -0.496 e. The summed E-state index contributed by atoms with van der Waals surface area (Å²) in [6, 6.07) is 7.73. The van der Waals surface area contributed by atoms with Crippen LogP contribution in [0.25, 0.3) is 0 Å². The lowest BCUT2D eigenvalue weighted by atomic mass is 10.0. The van der Waals surface area contributed by atoms with Crippen LogP contribution in [0.2, 0.25) is 0 Å². The summed E-state index contributed by atoms with van der Waals surface area (Å²) in [6.07, 6.45) is 1.44. The first-order chi connectivity index (χ1) is 7.72. The van der Waals surface area contributed by atoms with Gasteiger partial charge in [-0.15, -0.1) is 0 Å². The Hall–Kier alpha value is -1.71. The van der Waals surface area contributed by atoms with E-state index in [-0.39, 0.29) is 5.54 Å². The Morgan fingerprint density at radius 3 is 2.56 bits per heavy atom. The molecule has 4 heteroatoms. The number of ether oxygens (including phenoxy) is 2. The van der Waals surface area contributed by atoms with Crippen LogP contribution in [0.15, 0.2) is 24.3 Å². The van der Waals surface area contributed by atoms with Crippen LogP contribution in [-0.2, 0) is 10.3 Å². The number of methoxy groups -OCH3 is 2. The molecule has 0 aromatic heterocycles. The lowest BCUT2D eigenvalue weighted by Gasteiger charge is -2.19. The van der Waals surface area contributed by atoms with E-state index in [0.717, 1.165) is 24.2 Å². The summed E-state index contributed by atoms with van der Waals surface area (Å²) in [5.74, 6) is 0.802. The van der Waals surface area contributed by atoms with Crippen LogP contribution >= 0.6 is 0 Å². The molecular formula is C12H15NO3. The van der Waals surface area contributed by atoms with Gasteiger partial charge in [0.2, 0.25) is 0 Å². The molecule has 0 spiro atoms. The maximum atomic E-state index is 11.3. The Morgan fingerprint density at radius 2 is 2.00 bits per heavy atom. The van der Waals surface area contributed by atoms with Gasteiger partial charge in [-0.2, -0.15) is 0 Å². The molecule has 86 valence electrons. The molecule has 0 heterocycles. The van der Waals surface area contributed by atoms with E-state index in [1.54, 1.807) is 7.11 Å². The molecule has 0 atom stereocenters. The first-order valence-corrected chi connectivity index (χ1v) is 5.21. The highest BCUT2D eigenvalue weighted by Gasteiger charge is 2.47. The zero-order chi connectivity index (χ0) is 11.6. The highest BCUT2D eigenvalue weighted by atomic mass is 16.5. The maximum Gasteiger partial charge on any atom is 0.407 e. The van der Waals surface area contributed by atoms with Gasteiger partial charge in [0, 0.05) is 5.56 Å². The zero-order valence-corrected chi connectivity index (χ0v) is 9.45. The van der Waals surface area contributed by atoms with E-state index in [2.05, 4.69) is 10.1 Å². The molecule has 1 N–H and O–H groups in total. The molecule has 0 saturated heterocycles. The van der Waals surface area contributed by atoms with E-state index in [9.17, 15) is 4.79 Å². The number of nitrogens with one attached hydrogen (secondary N) is 1. The van der Waals surface area contributed by atoms with Crippen molar-refractivity contribution in [1.82, 2.24) is 5.32 Å². The van der Waals surface area contributed by atoms with Gasteiger partial charge in [-0.3, -0.25) is 0 Å².